The molecule has 0 aliphatic carbocycles. The van der Waals surface area contributed by atoms with Crippen LogP contribution in [0.15, 0.2) is 47.6 Å². The van der Waals surface area contributed by atoms with Crippen LogP contribution in [0, 0.1) is 6.92 Å². The lowest BCUT2D eigenvalue weighted by Crippen LogP contribution is -2.15. The molecular formula is C17H17N3O2S. The molecular weight excluding hydrogens is 310 g/mol. The second kappa shape index (κ2) is 6.75. The van der Waals surface area contributed by atoms with E-state index in [1.807, 2.05) is 49.4 Å². The second-order valence-electron chi connectivity index (χ2n) is 5.10. The van der Waals surface area contributed by atoms with Crippen molar-refractivity contribution in [1.82, 2.24) is 9.97 Å². The number of amides is 1. The molecule has 1 amide bonds. The second-order valence-corrected chi connectivity index (χ2v) is 6.06. The van der Waals surface area contributed by atoms with Gasteiger partial charge in [-0.1, -0.05) is 30.0 Å². The molecule has 23 heavy (non-hydrogen) atoms. The third kappa shape index (κ3) is 3.65. The molecule has 1 heterocycles. The number of benzene rings is 2. The maximum absolute atomic E-state index is 12.2. The van der Waals surface area contributed by atoms with Gasteiger partial charge in [0, 0.05) is 0 Å². The number of anilines is 1. The number of hydrogen-bond donors (Lipinski definition) is 2. The van der Waals surface area contributed by atoms with Gasteiger partial charge < -0.3 is 15.0 Å². The molecule has 2 aromatic carbocycles. The Labute approximate surface area is 138 Å². The van der Waals surface area contributed by atoms with Crippen LogP contribution in [0.2, 0.25) is 0 Å². The number of aryl methyl sites for hydroxylation is 1. The highest BCUT2D eigenvalue weighted by atomic mass is 32.2. The van der Waals surface area contributed by atoms with E-state index in [2.05, 4.69) is 15.3 Å². The van der Waals surface area contributed by atoms with E-state index in [0.29, 0.717) is 11.4 Å². The first-order chi connectivity index (χ1) is 11.2. The van der Waals surface area contributed by atoms with E-state index in [1.54, 1.807) is 7.11 Å². The van der Waals surface area contributed by atoms with Crippen molar-refractivity contribution < 1.29 is 9.53 Å². The molecule has 0 saturated heterocycles. The largest absolute Gasteiger partial charge is 0.495 e. The van der Waals surface area contributed by atoms with Crippen LogP contribution in [0.4, 0.5) is 5.69 Å². The Balaban J connectivity index is 1.64. The van der Waals surface area contributed by atoms with Gasteiger partial charge in [-0.05, 0) is 36.8 Å². The SMILES string of the molecule is COc1ccc(C)cc1NC(=O)CSc1nc2ccccc2[nH]1. The van der Waals surface area contributed by atoms with E-state index in [-0.39, 0.29) is 11.7 Å². The summed E-state index contributed by atoms with van der Waals surface area (Å²) in [5, 5.41) is 3.61. The molecule has 0 spiro atoms. The van der Waals surface area contributed by atoms with Gasteiger partial charge in [-0.15, -0.1) is 0 Å². The van der Waals surface area contributed by atoms with Crippen molar-refractivity contribution >= 4 is 34.4 Å². The lowest BCUT2D eigenvalue weighted by molar-refractivity contribution is -0.113. The number of para-hydroxylation sites is 2. The van der Waals surface area contributed by atoms with Crippen LogP contribution in [-0.2, 0) is 4.79 Å². The Bertz CT molecular complexity index is 812. The van der Waals surface area contributed by atoms with E-state index < -0.39 is 0 Å². The molecule has 0 atom stereocenters. The Morgan fingerprint density at radius 3 is 2.91 bits per heavy atom. The topological polar surface area (TPSA) is 67.0 Å². The number of fused-ring (bicyclic) bond motifs is 1. The summed E-state index contributed by atoms with van der Waals surface area (Å²) in [7, 11) is 1.59. The molecule has 118 valence electrons. The summed E-state index contributed by atoms with van der Waals surface area (Å²) in [6.07, 6.45) is 0. The van der Waals surface area contributed by atoms with Crippen molar-refractivity contribution in [2.45, 2.75) is 12.1 Å². The van der Waals surface area contributed by atoms with Gasteiger partial charge in [0.25, 0.3) is 0 Å². The third-order valence-electron chi connectivity index (χ3n) is 3.34. The highest BCUT2D eigenvalue weighted by Crippen LogP contribution is 2.26. The number of nitrogens with zero attached hydrogens (tertiary/aromatic N) is 1. The van der Waals surface area contributed by atoms with E-state index >= 15 is 0 Å². The number of methoxy groups -OCH3 is 1. The number of H-pyrrole nitrogens is 1. The van der Waals surface area contributed by atoms with Gasteiger partial charge in [0.1, 0.15) is 5.75 Å². The average molecular weight is 327 g/mol. The molecule has 0 radical (unpaired) electrons. The summed E-state index contributed by atoms with van der Waals surface area (Å²) in [4.78, 5) is 19.8. The van der Waals surface area contributed by atoms with Gasteiger partial charge in [0.05, 0.1) is 29.6 Å². The predicted molar refractivity (Wildman–Crippen MR) is 93.2 cm³/mol. The van der Waals surface area contributed by atoms with Crippen molar-refractivity contribution in [3.63, 3.8) is 0 Å². The number of aromatic nitrogens is 2. The molecule has 0 bridgehead atoms. The Morgan fingerprint density at radius 2 is 2.13 bits per heavy atom. The molecule has 3 rings (SSSR count). The van der Waals surface area contributed by atoms with E-state index in [1.165, 1.54) is 11.8 Å². The first-order valence-corrected chi connectivity index (χ1v) is 8.16. The van der Waals surface area contributed by atoms with Crippen molar-refractivity contribution in [2.24, 2.45) is 0 Å². The fourth-order valence-corrected chi connectivity index (χ4v) is 2.92. The lowest BCUT2D eigenvalue weighted by Gasteiger charge is -2.10. The van der Waals surface area contributed by atoms with Crippen LogP contribution in [0.25, 0.3) is 11.0 Å². The Kier molecular flexibility index (Phi) is 4.52. The van der Waals surface area contributed by atoms with Crippen LogP contribution in [0.5, 0.6) is 5.75 Å². The zero-order valence-electron chi connectivity index (χ0n) is 12.9. The molecule has 5 nitrogen and oxygen atoms in total. The smallest absolute Gasteiger partial charge is 0.234 e. The Hall–Kier alpha value is -2.47. The summed E-state index contributed by atoms with van der Waals surface area (Å²) in [5.41, 5.74) is 3.61. The number of nitrogens with one attached hydrogen (secondary N) is 2. The number of hydrogen-bond acceptors (Lipinski definition) is 4. The number of aromatic amines is 1. The Morgan fingerprint density at radius 1 is 1.30 bits per heavy atom. The maximum Gasteiger partial charge on any atom is 0.234 e. The molecule has 2 N–H and O–H groups in total. The molecule has 0 aliphatic heterocycles. The van der Waals surface area contributed by atoms with Gasteiger partial charge in [-0.25, -0.2) is 4.98 Å². The summed E-state index contributed by atoms with van der Waals surface area (Å²) >= 11 is 1.37. The molecule has 6 heteroatoms. The third-order valence-corrected chi connectivity index (χ3v) is 4.21. The molecule has 0 unspecified atom stereocenters. The van der Waals surface area contributed by atoms with Crippen molar-refractivity contribution in [1.29, 1.82) is 0 Å². The zero-order chi connectivity index (χ0) is 16.2. The summed E-state index contributed by atoms with van der Waals surface area (Å²) < 4.78 is 5.26. The van der Waals surface area contributed by atoms with Crippen molar-refractivity contribution in [3.05, 3.63) is 48.0 Å². The highest BCUT2D eigenvalue weighted by molar-refractivity contribution is 7.99. The van der Waals surface area contributed by atoms with Crippen molar-refractivity contribution in [3.8, 4) is 5.75 Å². The van der Waals surface area contributed by atoms with Gasteiger partial charge in [-0.2, -0.15) is 0 Å². The molecule has 0 saturated carbocycles. The van der Waals surface area contributed by atoms with E-state index in [4.69, 9.17) is 4.74 Å². The number of thioether (sulfide) groups is 1. The first kappa shape index (κ1) is 15.4. The van der Waals surface area contributed by atoms with Crippen molar-refractivity contribution in [2.75, 3.05) is 18.2 Å². The zero-order valence-corrected chi connectivity index (χ0v) is 13.7. The van der Waals surface area contributed by atoms with Gasteiger partial charge >= 0.3 is 0 Å². The van der Waals surface area contributed by atoms with Gasteiger partial charge in [0.2, 0.25) is 5.91 Å². The van der Waals surface area contributed by atoms with Gasteiger partial charge in [-0.3, -0.25) is 4.79 Å². The summed E-state index contributed by atoms with van der Waals surface area (Å²) in [5.74, 6) is 0.828. The quantitative estimate of drug-likeness (QED) is 0.703. The number of carbonyl (C=O) groups is 1. The van der Waals surface area contributed by atoms with Crippen LogP contribution in [0.1, 0.15) is 5.56 Å². The predicted octanol–water partition coefficient (Wildman–Crippen LogP) is 3.61. The minimum absolute atomic E-state index is 0.0978. The maximum atomic E-state index is 12.2. The minimum Gasteiger partial charge on any atom is -0.495 e. The molecule has 0 aliphatic rings. The monoisotopic (exact) mass is 327 g/mol. The number of imidazole rings is 1. The van der Waals surface area contributed by atoms with Gasteiger partial charge in [0.15, 0.2) is 5.16 Å². The number of ether oxygens (including phenoxy) is 1. The standard InChI is InChI=1S/C17H17N3O2S/c1-11-7-8-15(22-2)14(9-11)18-16(21)10-23-17-19-12-5-3-4-6-13(12)20-17/h3-9H,10H2,1-2H3,(H,18,21)(H,19,20). The lowest BCUT2D eigenvalue weighted by atomic mass is 10.2. The highest BCUT2D eigenvalue weighted by Gasteiger charge is 2.10. The van der Waals surface area contributed by atoms with Crippen LogP contribution in [0.3, 0.4) is 0 Å². The molecule has 3 aromatic rings. The first-order valence-electron chi connectivity index (χ1n) is 7.18. The van der Waals surface area contributed by atoms with Crippen LogP contribution >= 0.6 is 11.8 Å². The normalized spacial score (nSPS) is 10.7. The number of carbonyl (C=O) groups excluding carboxylic acids is 1. The number of rotatable bonds is 5. The average Bonchev–Trinajstić information content (AvgIpc) is 2.96. The molecule has 0 fully saturated rings. The summed E-state index contributed by atoms with van der Waals surface area (Å²) in [6, 6.07) is 13.5. The van der Waals surface area contributed by atoms with E-state index in [0.717, 1.165) is 21.8 Å². The summed E-state index contributed by atoms with van der Waals surface area (Å²) in [6.45, 7) is 1.97. The molecule has 1 aromatic heterocycles. The minimum atomic E-state index is -0.0978. The van der Waals surface area contributed by atoms with E-state index in [9.17, 15) is 4.79 Å². The van der Waals surface area contributed by atoms with Crippen LogP contribution in [-0.4, -0.2) is 28.7 Å². The fourth-order valence-electron chi connectivity index (χ4n) is 2.24. The van der Waals surface area contributed by atoms with Crippen LogP contribution < -0.4 is 10.1 Å². The fraction of sp³-hybridized carbons (Fsp3) is 0.176.